The molecule has 1 rings (SSSR count). The number of benzene rings is 1. The summed E-state index contributed by atoms with van der Waals surface area (Å²) in [5.41, 5.74) is 0.134. The van der Waals surface area contributed by atoms with Crippen LogP contribution in [0.25, 0.3) is 0 Å². The summed E-state index contributed by atoms with van der Waals surface area (Å²) in [6.45, 7) is 0.212. The van der Waals surface area contributed by atoms with Gasteiger partial charge in [0.15, 0.2) is 0 Å². The second kappa shape index (κ2) is 5.97. The zero-order valence-corrected chi connectivity index (χ0v) is 10.9. The summed E-state index contributed by atoms with van der Waals surface area (Å²) >= 11 is 3.12. The van der Waals surface area contributed by atoms with Crippen LogP contribution in [0.5, 0.6) is 0 Å². The molecule has 102 valence electrons. The van der Waals surface area contributed by atoms with Crippen LogP contribution >= 0.6 is 15.9 Å². The Hall–Kier alpha value is -0.690. The Labute approximate surface area is 110 Å². The summed E-state index contributed by atoms with van der Waals surface area (Å²) in [5, 5.41) is 2.20. The molecule has 0 saturated heterocycles. The first-order valence-corrected chi connectivity index (χ1v) is 5.87. The molecule has 0 heterocycles. The molecule has 1 aromatic carbocycles. The number of nitrogens with one attached hydrogen (secondary N) is 1. The van der Waals surface area contributed by atoms with Crippen molar-refractivity contribution in [2.45, 2.75) is 25.3 Å². The van der Waals surface area contributed by atoms with E-state index >= 15 is 0 Å². The van der Waals surface area contributed by atoms with Crippen LogP contribution in [0, 0.1) is 5.82 Å². The first-order chi connectivity index (χ1) is 8.24. The molecule has 18 heavy (non-hydrogen) atoms. The van der Waals surface area contributed by atoms with Crippen molar-refractivity contribution < 1.29 is 22.0 Å². The quantitative estimate of drug-likeness (QED) is 0.799. The number of alkyl halides is 4. The molecule has 1 N–H and O–H groups in total. The summed E-state index contributed by atoms with van der Waals surface area (Å²) in [5.74, 6) is -4.71. The van der Waals surface area contributed by atoms with E-state index in [1.165, 1.54) is 25.1 Å². The fraction of sp³-hybridized carbons (Fsp3) is 0.455. The Kier molecular flexibility index (Phi) is 5.10. The molecule has 1 nitrogen and oxygen atoms in total. The number of rotatable bonds is 5. The summed E-state index contributed by atoms with van der Waals surface area (Å²) in [7, 11) is 0. The van der Waals surface area contributed by atoms with E-state index in [0.29, 0.717) is 4.47 Å². The molecule has 0 aliphatic heterocycles. The van der Waals surface area contributed by atoms with Crippen molar-refractivity contribution in [1.29, 1.82) is 0 Å². The lowest BCUT2D eigenvalue weighted by atomic mass is 10.1. The van der Waals surface area contributed by atoms with Gasteiger partial charge in [0.2, 0.25) is 0 Å². The molecule has 0 aromatic heterocycles. The van der Waals surface area contributed by atoms with Crippen LogP contribution in [0.4, 0.5) is 22.0 Å². The van der Waals surface area contributed by atoms with Gasteiger partial charge in [-0.15, -0.1) is 0 Å². The van der Waals surface area contributed by atoms with Gasteiger partial charge >= 0.3 is 12.3 Å². The number of hydrogen-bond donors (Lipinski definition) is 1. The summed E-state index contributed by atoms with van der Waals surface area (Å²) in [6.07, 6.45) is -3.75. The lowest BCUT2D eigenvalue weighted by Crippen LogP contribution is -2.39. The van der Waals surface area contributed by atoms with Crippen molar-refractivity contribution in [1.82, 2.24) is 5.32 Å². The van der Waals surface area contributed by atoms with E-state index in [-0.39, 0.29) is 5.56 Å². The van der Waals surface area contributed by atoms with Crippen LogP contribution in [-0.2, 0) is 0 Å². The van der Waals surface area contributed by atoms with Crippen molar-refractivity contribution in [3.8, 4) is 0 Å². The molecule has 0 aliphatic carbocycles. The van der Waals surface area contributed by atoms with Gasteiger partial charge in [-0.05, 0) is 25.1 Å². The Morgan fingerprint density at radius 3 is 2.50 bits per heavy atom. The molecule has 1 aromatic rings. The third-order valence-electron chi connectivity index (χ3n) is 2.39. The van der Waals surface area contributed by atoms with Gasteiger partial charge in [0.25, 0.3) is 0 Å². The number of halogens is 6. The molecular formula is C11H11BrF5N. The van der Waals surface area contributed by atoms with Crippen LogP contribution in [0.1, 0.15) is 18.5 Å². The lowest BCUT2D eigenvalue weighted by molar-refractivity contribution is -0.126. The molecule has 7 heteroatoms. The summed E-state index contributed by atoms with van der Waals surface area (Å²) in [6, 6.07) is 3.24. The van der Waals surface area contributed by atoms with Crippen molar-refractivity contribution in [3.05, 3.63) is 34.1 Å². The van der Waals surface area contributed by atoms with Gasteiger partial charge in [-0.25, -0.2) is 13.2 Å². The van der Waals surface area contributed by atoms with E-state index in [2.05, 4.69) is 21.2 Å². The predicted octanol–water partition coefficient (Wildman–Crippen LogP) is 4.14. The second-order valence-corrected chi connectivity index (χ2v) is 4.75. The molecule has 0 aliphatic rings. The Morgan fingerprint density at radius 1 is 1.33 bits per heavy atom. The van der Waals surface area contributed by atoms with Crippen LogP contribution in [0.3, 0.4) is 0 Å². The second-order valence-electron chi connectivity index (χ2n) is 3.83. The lowest BCUT2D eigenvalue weighted by Gasteiger charge is -2.20. The van der Waals surface area contributed by atoms with Gasteiger partial charge < -0.3 is 5.32 Å². The van der Waals surface area contributed by atoms with Gasteiger partial charge in [-0.1, -0.05) is 15.9 Å². The molecule has 0 radical (unpaired) electrons. The fourth-order valence-electron chi connectivity index (χ4n) is 1.32. The highest BCUT2D eigenvalue weighted by Crippen LogP contribution is 2.25. The molecule has 0 spiro atoms. The third-order valence-corrected chi connectivity index (χ3v) is 2.88. The predicted molar refractivity (Wildman–Crippen MR) is 61.5 cm³/mol. The Bertz CT molecular complexity index is 410. The summed E-state index contributed by atoms with van der Waals surface area (Å²) in [4.78, 5) is 0. The third kappa shape index (κ3) is 3.91. The minimum Gasteiger partial charge on any atom is -0.304 e. The molecule has 1 unspecified atom stereocenters. The first-order valence-electron chi connectivity index (χ1n) is 5.08. The molecule has 0 fully saturated rings. The Balaban J connectivity index is 2.71. The maximum Gasteiger partial charge on any atom is 0.319 e. The van der Waals surface area contributed by atoms with Gasteiger partial charge in [0.05, 0.1) is 6.54 Å². The van der Waals surface area contributed by atoms with E-state index in [4.69, 9.17) is 0 Å². The highest BCUT2D eigenvalue weighted by molar-refractivity contribution is 9.10. The highest BCUT2D eigenvalue weighted by Gasteiger charge is 2.40. The van der Waals surface area contributed by atoms with Crippen LogP contribution in [0.15, 0.2) is 22.7 Å². The average Bonchev–Trinajstić information content (AvgIpc) is 2.29. The smallest absolute Gasteiger partial charge is 0.304 e. The van der Waals surface area contributed by atoms with Crippen molar-refractivity contribution in [2.24, 2.45) is 0 Å². The molecule has 0 amide bonds. The van der Waals surface area contributed by atoms with E-state index < -0.39 is 30.8 Å². The maximum atomic E-state index is 13.4. The average molecular weight is 332 g/mol. The normalized spacial score (nSPS) is 14.0. The fourth-order valence-corrected chi connectivity index (χ4v) is 1.70. The highest BCUT2D eigenvalue weighted by atomic mass is 79.9. The molecule has 0 bridgehead atoms. The Morgan fingerprint density at radius 2 is 1.94 bits per heavy atom. The van der Waals surface area contributed by atoms with Crippen LogP contribution in [-0.4, -0.2) is 18.9 Å². The standard InChI is InChI=1S/C11H11BrF5N/c1-6(18-5-11(16,17)10(14)15)8-4-7(12)2-3-9(8)13/h2-4,6,10,18H,5H2,1H3. The minimum absolute atomic E-state index is 0.134. The van der Waals surface area contributed by atoms with Crippen molar-refractivity contribution in [3.63, 3.8) is 0 Å². The summed E-state index contributed by atoms with van der Waals surface area (Å²) < 4.78 is 63.2. The van der Waals surface area contributed by atoms with E-state index in [9.17, 15) is 22.0 Å². The molecule has 0 saturated carbocycles. The zero-order chi connectivity index (χ0) is 13.9. The minimum atomic E-state index is -4.13. The SMILES string of the molecule is CC(NCC(F)(F)C(F)F)c1cc(Br)ccc1F. The van der Waals surface area contributed by atoms with E-state index in [0.717, 1.165) is 0 Å². The number of hydrogen-bond acceptors (Lipinski definition) is 1. The maximum absolute atomic E-state index is 13.4. The van der Waals surface area contributed by atoms with Crippen LogP contribution < -0.4 is 5.32 Å². The topological polar surface area (TPSA) is 12.0 Å². The molecular weight excluding hydrogens is 321 g/mol. The van der Waals surface area contributed by atoms with Gasteiger partial charge in [-0.3, -0.25) is 0 Å². The van der Waals surface area contributed by atoms with Gasteiger partial charge in [0.1, 0.15) is 5.82 Å². The van der Waals surface area contributed by atoms with E-state index in [1.54, 1.807) is 0 Å². The van der Waals surface area contributed by atoms with Crippen molar-refractivity contribution in [2.75, 3.05) is 6.54 Å². The van der Waals surface area contributed by atoms with Crippen molar-refractivity contribution >= 4 is 15.9 Å². The van der Waals surface area contributed by atoms with Crippen LogP contribution in [0.2, 0.25) is 0 Å². The van der Waals surface area contributed by atoms with Gasteiger partial charge in [-0.2, -0.15) is 8.78 Å². The molecule has 1 atom stereocenters. The largest absolute Gasteiger partial charge is 0.319 e. The monoisotopic (exact) mass is 331 g/mol. The first kappa shape index (κ1) is 15.4. The zero-order valence-electron chi connectivity index (χ0n) is 9.36. The van der Waals surface area contributed by atoms with E-state index in [1.807, 2.05) is 0 Å². The van der Waals surface area contributed by atoms with Gasteiger partial charge in [0, 0.05) is 16.1 Å².